The summed E-state index contributed by atoms with van der Waals surface area (Å²) in [5, 5.41) is 5.86. The minimum atomic E-state index is -0.310. The molecule has 6 nitrogen and oxygen atoms in total. The third-order valence-corrected chi connectivity index (χ3v) is 7.79. The molecule has 1 fully saturated rings. The zero-order valence-corrected chi connectivity index (χ0v) is 19.8. The molecular formula is C25H23N3O3S2. The van der Waals surface area contributed by atoms with Crippen LogP contribution in [0.25, 0.3) is 11.0 Å². The van der Waals surface area contributed by atoms with Crippen molar-refractivity contribution in [3.05, 3.63) is 76.5 Å². The number of fused-ring (bicyclic) bond motifs is 1. The van der Waals surface area contributed by atoms with Crippen molar-refractivity contribution in [3.63, 3.8) is 0 Å². The first-order valence-electron chi connectivity index (χ1n) is 10.8. The molecular weight excluding hydrogens is 454 g/mol. The Kier molecular flexibility index (Phi) is 6.20. The van der Waals surface area contributed by atoms with Crippen molar-refractivity contribution in [2.75, 3.05) is 18.4 Å². The molecule has 0 saturated carbocycles. The first kappa shape index (κ1) is 21.7. The highest BCUT2D eigenvalue weighted by atomic mass is 32.2. The van der Waals surface area contributed by atoms with Gasteiger partial charge in [0.25, 0.3) is 11.8 Å². The number of likely N-dealkylation sites (tertiary alicyclic amines) is 1. The Morgan fingerprint density at radius 2 is 1.88 bits per heavy atom. The van der Waals surface area contributed by atoms with Gasteiger partial charge >= 0.3 is 0 Å². The Morgan fingerprint density at radius 3 is 2.61 bits per heavy atom. The summed E-state index contributed by atoms with van der Waals surface area (Å²) in [5.74, 6) is 0.611. The second kappa shape index (κ2) is 9.41. The van der Waals surface area contributed by atoms with Crippen molar-refractivity contribution < 1.29 is 14.0 Å². The normalized spacial score (nSPS) is 13.5. The van der Waals surface area contributed by atoms with Crippen LogP contribution in [0.15, 0.2) is 62.7 Å². The number of nitrogens with one attached hydrogen (secondary N) is 1. The summed E-state index contributed by atoms with van der Waals surface area (Å²) in [7, 11) is 0. The molecule has 2 aromatic carbocycles. The maximum Gasteiger partial charge on any atom is 0.291 e. The van der Waals surface area contributed by atoms with Gasteiger partial charge in [-0.2, -0.15) is 0 Å². The highest BCUT2D eigenvalue weighted by Gasteiger charge is 2.22. The molecule has 0 aliphatic carbocycles. The van der Waals surface area contributed by atoms with Crippen LogP contribution in [0.1, 0.15) is 45.0 Å². The second-order valence-electron chi connectivity index (χ2n) is 7.98. The molecule has 1 saturated heterocycles. The van der Waals surface area contributed by atoms with Gasteiger partial charge in [0.15, 0.2) is 5.76 Å². The average Bonchev–Trinajstić information content (AvgIpc) is 3.58. The van der Waals surface area contributed by atoms with Gasteiger partial charge in [-0.3, -0.25) is 9.59 Å². The Bertz CT molecular complexity index is 1300. The fourth-order valence-electron chi connectivity index (χ4n) is 3.94. The number of rotatable bonds is 6. The van der Waals surface area contributed by atoms with E-state index in [-0.39, 0.29) is 11.8 Å². The topological polar surface area (TPSA) is 75.4 Å². The van der Waals surface area contributed by atoms with E-state index in [1.54, 1.807) is 47.4 Å². The number of aryl methyl sites for hydroxylation is 1. The minimum absolute atomic E-state index is 0.0411. The lowest BCUT2D eigenvalue weighted by molar-refractivity contribution is 0.0792. The number of carbonyl (C=O) groups is 2. The molecule has 0 radical (unpaired) electrons. The van der Waals surface area contributed by atoms with Gasteiger partial charge in [0.1, 0.15) is 9.92 Å². The summed E-state index contributed by atoms with van der Waals surface area (Å²) in [6.45, 7) is 3.59. The van der Waals surface area contributed by atoms with Gasteiger partial charge in [-0.05, 0) is 50.1 Å². The molecule has 4 aromatic rings. The van der Waals surface area contributed by atoms with Crippen LogP contribution < -0.4 is 5.32 Å². The van der Waals surface area contributed by atoms with Crippen molar-refractivity contribution in [1.82, 2.24) is 9.88 Å². The number of para-hydroxylation sites is 1. The van der Waals surface area contributed by atoms with E-state index in [1.165, 1.54) is 0 Å². The molecule has 2 aromatic heterocycles. The van der Waals surface area contributed by atoms with E-state index < -0.39 is 0 Å². The van der Waals surface area contributed by atoms with Crippen molar-refractivity contribution in [3.8, 4) is 0 Å². The van der Waals surface area contributed by atoms with Crippen LogP contribution >= 0.6 is 23.1 Å². The SMILES string of the molecule is Cc1csc(SCc2c(C(=O)Nc3ccc(C(=O)N4CCCC4)cc3)oc3ccccc23)n1. The second-order valence-corrected chi connectivity index (χ2v) is 10.1. The standard InChI is InChI=1S/C25H23N3O3S2/c1-16-14-32-25(26-16)33-15-20-19-6-2-3-7-21(19)31-22(20)23(29)27-18-10-8-17(9-11-18)24(30)28-12-4-5-13-28/h2-3,6-11,14H,4-5,12-13,15H2,1H3,(H,27,29). The number of carbonyl (C=O) groups excluding carboxylic acids is 2. The lowest BCUT2D eigenvalue weighted by atomic mass is 10.1. The molecule has 33 heavy (non-hydrogen) atoms. The third kappa shape index (κ3) is 4.67. The van der Waals surface area contributed by atoms with Crippen LogP contribution in [0.5, 0.6) is 0 Å². The molecule has 3 heterocycles. The molecule has 0 bridgehead atoms. The first-order chi connectivity index (χ1) is 16.1. The quantitative estimate of drug-likeness (QED) is 0.346. The van der Waals surface area contributed by atoms with Crippen molar-refractivity contribution in [1.29, 1.82) is 0 Å². The van der Waals surface area contributed by atoms with Gasteiger partial charge in [-0.1, -0.05) is 30.0 Å². The van der Waals surface area contributed by atoms with E-state index >= 15 is 0 Å². The van der Waals surface area contributed by atoms with E-state index in [0.717, 1.165) is 46.9 Å². The van der Waals surface area contributed by atoms with Crippen LogP contribution in [0.2, 0.25) is 0 Å². The number of thioether (sulfide) groups is 1. The van der Waals surface area contributed by atoms with Crippen LogP contribution in [-0.2, 0) is 5.75 Å². The van der Waals surface area contributed by atoms with Gasteiger partial charge < -0.3 is 14.6 Å². The van der Waals surface area contributed by atoms with E-state index in [4.69, 9.17) is 4.42 Å². The summed E-state index contributed by atoms with van der Waals surface area (Å²) in [6, 6.07) is 14.7. The van der Waals surface area contributed by atoms with Crippen LogP contribution in [0.3, 0.4) is 0 Å². The molecule has 0 atom stereocenters. The number of furan rings is 1. The van der Waals surface area contributed by atoms with Crippen molar-refractivity contribution in [2.24, 2.45) is 0 Å². The fourth-order valence-corrected chi connectivity index (χ4v) is 5.82. The van der Waals surface area contributed by atoms with Crippen LogP contribution in [0.4, 0.5) is 5.69 Å². The lowest BCUT2D eigenvalue weighted by Crippen LogP contribution is -2.27. The van der Waals surface area contributed by atoms with E-state index in [0.29, 0.717) is 28.3 Å². The molecule has 2 amide bonds. The molecule has 0 spiro atoms. The minimum Gasteiger partial charge on any atom is -0.451 e. The predicted octanol–water partition coefficient (Wildman–Crippen LogP) is 5.98. The summed E-state index contributed by atoms with van der Waals surface area (Å²) in [5.41, 5.74) is 3.77. The third-order valence-electron chi connectivity index (χ3n) is 5.63. The van der Waals surface area contributed by atoms with Crippen LogP contribution in [0, 0.1) is 6.92 Å². The van der Waals surface area contributed by atoms with Crippen molar-refractivity contribution in [2.45, 2.75) is 29.9 Å². The van der Waals surface area contributed by atoms with E-state index in [9.17, 15) is 9.59 Å². The largest absolute Gasteiger partial charge is 0.451 e. The zero-order valence-electron chi connectivity index (χ0n) is 18.2. The Balaban J connectivity index is 1.35. The van der Waals surface area contributed by atoms with E-state index in [1.807, 2.05) is 41.5 Å². The van der Waals surface area contributed by atoms with Crippen LogP contribution in [-0.4, -0.2) is 34.8 Å². The van der Waals surface area contributed by atoms with Crippen molar-refractivity contribution >= 4 is 51.6 Å². The summed E-state index contributed by atoms with van der Waals surface area (Å²) < 4.78 is 6.91. The molecule has 1 N–H and O–H groups in total. The van der Waals surface area contributed by atoms with E-state index in [2.05, 4.69) is 10.3 Å². The number of nitrogens with zero attached hydrogens (tertiary/aromatic N) is 2. The monoisotopic (exact) mass is 477 g/mol. The molecule has 8 heteroatoms. The number of thiazole rings is 1. The fraction of sp³-hybridized carbons (Fsp3) is 0.240. The number of amides is 2. The average molecular weight is 478 g/mol. The van der Waals surface area contributed by atoms with Gasteiger partial charge in [-0.25, -0.2) is 4.98 Å². The number of anilines is 1. The Labute approximate surface area is 200 Å². The molecule has 0 unspecified atom stereocenters. The highest BCUT2D eigenvalue weighted by Crippen LogP contribution is 2.33. The van der Waals surface area contributed by atoms with Gasteiger partial charge in [-0.15, -0.1) is 11.3 Å². The predicted molar refractivity (Wildman–Crippen MR) is 132 cm³/mol. The number of aromatic nitrogens is 1. The molecule has 5 rings (SSSR count). The molecule has 1 aliphatic rings. The smallest absolute Gasteiger partial charge is 0.291 e. The maximum atomic E-state index is 13.1. The summed E-state index contributed by atoms with van der Waals surface area (Å²) in [4.78, 5) is 32.1. The molecule has 168 valence electrons. The zero-order chi connectivity index (χ0) is 22.8. The van der Waals surface area contributed by atoms with Gasteiger partial charge in [0.2, 0.25) is 0 Å². The lowest BCUT2D eigenvalue weighted by Gasteiger charge is -2.15. The maximum absolute atomic E-state index is 13.1. The van der Waals surface area contributed by atoms with Gasteiger partial charge in [0, 0.05) is 52.1 Å². The van der Waals surface area contributed by atoms with Gasteiger partial charge in [0.05, 0.1) is 0 Å². The first-order valence-corrected chi connectivity index (χ1v) is 12.7. The number of benzene rings is 2. The number of hydrogen-bond acceptors (Lipinski definition) is 6. The highest BCUT2D eigenvalue weighted by molar-refractivity contribution is 8.00. The Morgan fingerprint density at radius 1 is 1.12 bits per heavy atom. The summed E-state index contributed by atoms with van der Waals surface area (Å²) >= 11 is 3.19. The Hall–Kier alpha value is -3.10. The number of hydrogen-bond donors (Lipinski definition) is 1. The summed E-state index contributed by atoms with van der Waals surface area (Å²) in [6.07, 6.45) is 2.11. The molecule has 1 aliphatic heterocycles.